The van der Waals surface area contributed by atoms with Crippen LogP contribution in [0.5, 0.6) is 11.5 Å². The second-order valence-corrected chi connectivity index (χ2v) is 12.5. The third-order valence-corrected chi connectivity index (χ3v) is 10.3. The van der Waals surface area contributed by atoms with Crippen molar-refractivity contribution < 1.29 is 54.1 Å². The van der Waals surface area contributed by atoms with Crippen LogP contribution in [0.2, 0.25) is 0 Å². The van der Waals surface area contributed by atoms with Crippen molar-refractivity contribution in [2.24, 2.45) is 0 Å². The first-order valence-electron chi connectivity index (χ1n) is 8.23. The molecule has 0 atom stereocenters. The molecule has 3 N–H and O–H groups in total. The number of aromatic hydroxyl groups is 2. The third kappa shape index (κ3) is 4.68. The molecule has 0 aliphatic heterocycles. The van der Waals surface area contributed by atoms with Crippen molar-refractivity contribution in [3.8, 4) is 22.6 Å². The number of carboxylic acids is 1. The van der Waals surface area contributed by atoms with E-state index in [0.717, 1.165) is 0 Å². The summed E-state index contributed by atoms with van der Waals surface area (Å²) in [5.74, 6) is -0.907. The van der Waals surface area contributed by atoms with Gasteiger partial charge in [-0.15, -0.1) is 0 Å². The van der Waals surface area contributed by atoms with Crippen LogP contribution in [-0.4, -0.2) is 21.3 Å². The number of phenolic OH excluding ortho intramolecular Hbond substituents is 2. The van der Waals surface area contributed by atoms with Gasteiger partial charge in [-0.3, -0.25) is 0 Å². The number of hydrogen-bond acceptors (Lipinski definition) is 3. The van der Waals surface area contributed by atoms with E-state index in [1.54, 1.807) is 24.3 Å². The zero-order valence-corrected chi connectivity index (χ0v) is 29.5. The van der Waals surface area contributed by atoms with Gasteiger partial charge in [0.25, 0.3) is 0 Å². The number of carboxylic acid groups (broad SMARTS) is 1. The van der Waals surface area contributed by atoms with Crippen LogP contribution < -0.4 is 29.6 Å². The predicted octanol–water partition coefficient (Wildman–Crippen LogP) is 5.59. The Bertz CT molecular complexity index is 1390. The SMILES string of the molecule is O=C(O)c1ccc(Br)c(Br)c1-c1c2cc(I)c(O)c(I)c2[o+]c2c(I)c(O)c(I)cc12.[Na+]. The summed E-state index contributed by atoms with van der Waals surface area (Å²) in [6.45, 7) is 0. The zero-order chi connectivity index (χ0) is 22.8. The van der Waals surface area contributed by atoms with E-state index in [2.05, 4.69) is 31.9 Å². The Kier molecular flexibility index (Phi) is 9.33. The Labute approximate surface area is 275 Å². The van der Waals surface area contributed by atoms with Crippen LogP contribution in [0.4, 0.5) is 0 Å². The average Bonchev–Trinajstić information content (AvgIpc) is 2.72. The fourth-order valence-electron chi connectivity index (χ4n) is 3.24. The quantitative estimate of drug-likeness (QED) is 0.106. The molecule has 0 saturated heterocycles. The van der Waals surface area contributed by atoms with Crippen molar-refractivity contribution >= 4 is 150 Å². The number of fused-ring (bicyclic) bond motifs is 2. The molecule has 3 aromatic carbocycles. The number of phenols is 2. The Morgan fingerprint density at radius 3 is 1.75 bits per heavy atom. The van der Waals surface area contributed by atoms with Gasteiger partial charge >= 0.3 is 46.7 Å². The van der Waals surface area contributed by atoms with Gasteiger partial charge in [0.15, 0.2) is 18.6 Å². The van der Waals surface area contributed by atoms with Crippen LogP contribution in [0, 0.1) is 14.3 Å². The van der Waals surface area contributed by atoms with E-state index in [0.29, 0.717) is 56.3 Å². The molecular weight excluding hydrogens is 1010 g/mol. The molecule has 0 fully saturated rings. The van der Waals surface area contributed by atoms with Crippen molar-refractivity contribution in [1.82, 2.24) is 0 Å². The maximum absolute atomic E-state index is 12.2. The van der Waals surface area contributed by atoms with Crippen LogP contribution in [-0.2, 0) is 0 Å². The van der Waals surface area contributed by atoms with Gasteiger partial charge < -0.3 is 15.3 Å². The molecule has 158 valence electrons. The summed E-state index contributed by atoms with van der Waals surface area (Å²) in [4.78, 5) is 12.2. The summed E-state index contributed by atoms with van der Waals surface area (Å²) in [5, 5.41) is 32.3. The summed E-state index contributed by atoms with van der Waals surface area (Å²) in [6.07, 6.45) is 0. The maximum Gasteiger partial charge on any atom is 1.00 e. The van der Waals surface area contributed by atoms with Crippen LogP contribution in [0.25, 0.3) is 33.1 Å². The van der Waals surface area contributed by atoms with Crippen LogP contribution in [0.1, 0.15) is 10.4 Å². The van der Waals surface area contributed by atoms with Crippen molar-refractivity contribution in [1.29, 1.82) is 0 Å². The number of benzene rings is 3. The molecule has 4 aromatic rings. The minimum Gasteiger partial charge on any atom is -0.505 e. The molecular formula is C20H7Br2I4NaO5+2. The minimum absolute atomic E-state index is 0. The van der Waals surface area contributed by atoms with Gasteiger partial charge in [0.05, 0.1) is 23.5 Å². The molecule has 0 aliphatic carbocycles. The van der Waals surface area contributed by atoms with Crippen molar-refractivity contribution in [2.75, 3.05) is 0 Å². The van der Waals surface area contributed by atoms with E-state index in [1.165, 1.54) is 0 Å². The molecule has 0 spiro atoms. The Morgan fingerprint density at radius 2 is 1.31 bits per heavy atom. The van der Waals surface area contributed by atoms with E-state index in [1.807, 2.05) is 90.4 Å². The first-order valence-corrected chi connectivity index (χ1v) is 14.1. The second-order valence-electron chi connectivity index (χ2n) is 6.36. The van der Waals surface area contributed by atoms with E-state index >= 15 is 0 Å². The fourth-order valence-corrected chi connectivity index (χ4v) is 7.69. The maximum atomic E-state index is 12.2. The van der Waals surface area contributed by atoms with E-state index < -0.39 is 5.97 Å². The fraction of sp³-hybridized carbons (Fsp3) is 0. The summed E-state index contributed by atoms with van der Waals surface area (Å²) < 4.78 is 9.69. The van der Waals surface area contributed by atoms with Gasteiger partial charge in [0, 0.05) is 20.1 Å². The zero-order valence-electron chi connectivity index (χ0n) is 15.7. The Balaban J connectivity index is 0.00000289. The first kappa shape index (κ1) is 27.9. The van der Waals surface area contributed by atoms with E-state index in [4.69, 9.17) is 4.42 Å². The average molecular weight is 1020 g/mol. The van der Waals surface area contributed by atoms with Crippen LogP contribution in [0.3, 0.4) is 0 Å². The van der Waals surface area contributed by atoms with Crippen LogP contribution in [0.15, 0.2) is 37.6 Å². The van der Waals surface area contributed by atoms with Crippen molar-refractivity contribution in [3.05, 3.63) is 53.1 Å². The normalized spacial score (nSPS) is 11.1. The third-order valence-electron chi connectivity index (χ3n) is 4.62. The molecule has 0 saturated carbocycles. The first-order chi connectivity index (χ1) is 14.5. The molecule has 12 heteroatoms. The van der Waals surface area contributed by atoms with Crippen molar-refractivity contribution in [3.63, 3.8) is 0 Å². The van der Waals surface area contributed by atoms with Gasteiger partial charge in [-0.25, -0.2) is 9.21 Å². The minimum atomic E-state index is -1.07. The van der Waals surface area contributed by atoms with E-state index in [9.17, 15) is 20.1 Å². The van der Waals surface area contributed by atoms with Gasteiger partial charge in [-0.2, -0.15) is 0 Å². The number of carbonyl (C=O) groups is 1. The summed E-state index contributed by atoms with van der Waals surface area (Å²) >= 11 is 15.1. The summed E-state index contributed by atoms with van der Waals surface area (Å²) in [5.41, 5.74) is 2.03. The number of aromatic carboxylic acids is 1. The smallest absolute Gasteiger partial charge is 0.505 e. The largest absolute Gasteiger partial charge is 1.00 e. The van der Waals surface area contributed by atoms with Crippen LogP contribution >= 0.6 is 122 Å². The molecule has 0 aliphatic rings. The molecule has 0 bridgehead atoms. The van der Waals surface area contributed by atoms with Crippen molar-refractivity contribution in [2.45, 2.75) is 0 Å². The molecule has 32 heavy (non-hydrogen) atoms. The molecule has 1 heterocycles. The number of hydrogen-bond donors (Lipinski definition) is 3. The van der Waals surface area contributed by atoms with Gasteiger partial charge in [0.1, 0.15) is 0 Å². The summed E-state index contributed by atoms with van der Waals surface area (Å²) in [7, 11) is 0. The monoisotopic (exact) mass is 1020 g/mol. The predicted molar refractivity (Wildman–Crippen MR) is 160 cm³/mol. The van der Waals surface area contributed by atoms with Gasteiger partial charge in [-0.05, 0) is 146 Å². The standard InChI is InChI=1S/C20H6Br2I4O5.Na/c21-8-2-1-5(20(29)30)12(13(8)22)11-6-3-9(23)16(27)14(25)18(6)31-19-7(11)4-10(24)17(28)15(19)26;/h1-4H,(H2-,27,28,29,30);/q;+1/p+1. The Hall–Kier alpha value is 1.28. The molecule has 5 nitrogen and oxygen atoms in total. The van der Waals surface area contributed by atoms with Gasteiger partial charge in [-0.1, -0.05) is 0 Å². The molecule has 0 unspecified atom stereocenters. The second kappa shape index (κ2) is 10.7. The number of halogens is 6. The van der Waals surface area contributed by atoms with E-state index in [-0.39, 0.29) is 46.6 Å². The molecule has 0 amide bonds. The Morgan fingerprint density at radius 1 is 0.844 bits per heavy atom. The number of rotatable bonds is 2. The van der Waals surface area contributed by atoms with Gasteiger partial charge in [0.2, 0.25) is 0 Å². The topological polar surface area (TPSA) is 89.1 Å². The molecule has 0 radical (unpaired) electrons. The summed E-state index contributed by atoms with van der Waals surface area (Å²) in [6, 6.07) is 6.77. The molecule has 4 rings (SSSR count). The molecule has 1 aromatic heterocycles.